The summed E-state index contributed by atoms with van der Waals surface area (Å²) < 4.78 is 10.5. The zero-order valence-electron chi connectivity index (χ0n) is 52.0. The van der Waals surface area contributed by atoms with Gasteiger partial charge in [0.05, 0.1) is 0 Å². The van der Waals surface area contributed by atoms with Crippen LogP contribution in [-0.4, -0.2) is 0 Å². The van der Waals surface area contributed by atoms with Crippen LogP contribution in [-0.2, 0) is 6.42 Å². The molecule has 0 aliphatic heterocycles. The number of benzene rings is 14. The largest absolute Gasteiger partial charge is 0.311 e. The minimum Gasteiger partial charge on any atom is -0.311 e. The smallest absolute Gasteiger partial charge is 0.0467 e. The fourth-order valence-electron chi connectivity index (χ4n) is 14.3. The Hall–Kier alpha value is -10.4. The lowest BCUT2D eigenvalue weighted by atomic mass is 9.98. The van der Waals surface area contributed by atoms with Crippen LogP contribution in [0.5, 0.6) is 0 Å². The van der Waals surface area contributed by atoms with Gasteiger partial charge in [-0.1, -0.05) is 164 Å². The third kappa shape index (κ3) is 10.2. The lowest BCUT2D eigenvalue weighted by molar-refractivity contribution is 1.17. The molecule has 0 radical (unpaired) electrons. The van der Waals surface area contributed by atoms with E-state index in [4.69, 9.17) is 0 Å². The van der Waals surface area contributed by atoms with Crippen molar-refractivity contribution in [3.63, 3.8) is 0 Å². The normalized spacial score (nSPS) is 11.8. The van der Waals surface area contributed by atoms with E-state index in [0.717, 1.165) is 40.5 Å². The van der Waals surface area contributed by atoms with Crippen molar-refractivity contribution in [1.82, 2.24) is 0 Å². The van der Waals surface area contributed by atoms with Gasteiger partial charge in [-0.2, -0.15) is 0 Å². The van der Waals surface area contributed by atoms with E-state index in [-0.39, 0.29) is 0 Å². The first-order valence-corrected chi connectivity index (χ1v) is 35.4. The van der Waals surface area contributed by atoms with Crippen LogP contribution in [0.15, 0.2) is 297 Å². The maximum Gasteiger partial charge on any atom is 0.0467 e. The zero-order chi connectivity index (χ0) is 62.5. The van der Waals surface area contributed by atoms with Crippen LogP contribution >= 0.6 is 45.3 Å². The molecule has 0 aliphatic rings. The Morgan fingerprint density at radius 3 is 0.968 bits per heavy atom. The van der Waals surface area contributed by atoms with Gasteiger partial charge in [0.1, 0.15) is 0 Å². The van der Waals surface area contributed by atoms with E-state index in [1.165, 1.54) is 153 Å². The first-order valence-electron chi connectivity index (χ1n) is 32.1. The van der Waals surface area contributed by atoms with Crippen LogP contribution in [0.1, 0.15) is 27.8 Å². The number of nitrogens with zero attached hydrogens (tertiary/aromatic N) is 2. The van der Waals surface area contributed by atoms with Gasteiger partial charge in [0, 0.05) is 115 Å². The Morgan fingerprint density at radius 1 is 0.202 bits per heavy atom. The van der Waals surface area contributed by atoms with Crippen molar-refractivity contribution in [2.45, 2.75) is 27.2 Å². The van der Waals surface area contributed by atoms with Crippen LogP contribution in [0.4, 0.5) is 34.1 Å². The highest BCUT2D eigenvalue weighted by Crippen LogP contribution is 2.45. The van der Waals surface area contributed by atoms with E-state index >= 15 is 0 Å². The molecule has 0 bridgehead atoms. The van der Waals surface area contributed by atoms with Gasteiger partial charge in [0.15, 0.2) is 0 Å². The van der Waals surface area contributed by atoms with E-state index < -0.39 is 0 Å². The molecule has 0 fully saturated rings. The minimum absolute atomic E-state index is 0.824. The van der Waals surface area contributed by atoms with Gasteiger partial charge in [0.2, 0.25) is 0 Å². The molecule has 14 aromatic carbocycles. The molecule has 6 heteroatoms. The molecule has 0 atom stereocenters. The lowest BCUT2D eigenvalue weighted by Gasteiger charge is -2.27. The molecular weight excluding hydrogens is 1210 g/mol. The van der Waals surface area contributed by atoms with Gasteiger partial charge < -0.3 is 9.80 Å². The van der Waals surface area contributed by atoms with Crippen LogP contribution in [0.2, 0.25) is 0 Å². The molecular formula is C88H60N2S4. The lowest BCUT2D eigenvalue weighted by Crippen LogP contribution is -2.11. The van der Waals surface area contributed by atoms with Gasteiger partial charge in [-0.25, -0.2) is 0 Å². The summed E-state index contributed by atoms with van der Waals surface area (Å²) in [6.07, 6.45) is 0.824. The third-order valence-electron chi connectivity index (χ3n) is 18.8. The van der Waals surface area contributed by atoms with Gasteiger partial charge in [0.25, 0.3) is 0 Å². The highest BCUT2D eigenvalue weighted by Gasteiger charge is 2.20. The van der Waals surface area contributed by atoms with Gasteiger partial charge in [-0.3, -0.25) is 0 Å². The predicted molar refractivity (Wildman–Crippen MR) is 413 cm³/mol. The SMILES string of the molecule is Cc1cc(C)cc(N(c2ccc(-c3ccc4c(c3)sc3ccccc34)cc2)c2cc(C)cc(Cc3ccc4sc5cc(-c6ccc(N(c7ccc(-c8ccc9c(c8)sc8ccccc89)cc7)c7ccc(-c8ccc9sc%10ccccc%10c9c8)cc7)cc6)ccc5c4c3)c2)c1. The van der Waals surface area contributed by atoms with Crippen LogP contribution in [0.25, 0.3) is 125 Å². The number of thiophene rings is 4. The summed E-state index contributed by atoms with van der Waals surface area (Å²) in [7, 11) is 0. The average Bonchev–Trinajstić information content (AvgIpc) is 1.54. The average molecular weight is 1270 g/mol. The topological polar surface area (TPSA) is 6.48 Å². The Balaban J connectivity index is 0.634. The fourth-order valence-corrected chi connectivity index (χ4v) is 18.8. The second-order valence-corrected chi connectivity index (χ2v) is 29.5. The Kier molecular flexibility index (Phi) is 13.8. The van der Waals surface area contributed by atoms with E-state index in [0.29, 0.717) is 0 Å². The monoisotopic (exact) mass is 1270 g/mol. The Morgan fingerprint density at radius 2 is 0.511 bits per heavy atom. The van der Waals surface area contributed by atoms with Crippen molar-refractivity contribution in [3.8, 4) is 44.5 Å². The molecule has 0 unspecified atom stereocenters. The Labute approximate surface area is 562 Å². The number of anilines is 6. The minimum atomic E-state index is 0.824. The third-order valence-corrected chi connectivity index (χ3v) is 23.3. The van der Waals surface area contributed by atoms with Crippen LogP contribution < -0.4 is 9.80 Å². The number of hydrogen-bond donors (Lipinski definition) is 0. The number of rotatable bonds is 12. The van der Waals surface area contributed by atoms with Crippen LogP contribution in [0.3, 0.4) is 0 Å². The summed E-state index contributed by atoms with van der Waals surface area (Å²) in [4.78, 5) is 4.83. The first kappa shape index (κ1) is 56.3. The summed E-state index contributed by atoms with van der Waals surface area (Å²) in [5, 5.41) is 10.5. The molecule has 18 rings (SSSR count). The van der Waals surface area contributed by atoms with Crippen molar-refractivity contribution < 1.29 is 0 Å². The second kappa shape index (κ2) is 23.0. The molecule has 0 amide bonds. The summed E-state index contributed by atoms with van der Waals surface area (Å²) in [5.74, 6) is 0. The van der Waals surface area contributed by atoms with E-state index in [1.807, 2.05) is 45.3 Å². The molecule has 2 nitrogen and oxygen atoms in total. The van der Waals surface area contributed by atoms with Crippen LogP contribution in [0, 0.1) is 20.8 Å². The first-order chi connectivity index (χ1) is 46.2. The maximum absolute atomic E-state index is 2.44. The fraction of sp³-hybridized carbons (Fsp3) is 0.0455. The maximum atomic E-state index is 2.44. The van der Waals surface area contributed by atoms with E-state index in [1.54, 1.807) is 0 Å². The summed E-state index contributed by atoms with van der Waals surface area (Å²) >= 11 is 7.48. The Bertz CT molecular complexity index is 5960. The van der Waals surface area contributed by atoms with E-state index in [9.17, 15) is 0 Å². The second-order valence-electron chi connectivity index (χ2n) is 25.1. The molecule has 0 spiro atoms. The highest BCUT2D eigenvalue weighted by molar-refractivity contribution is 7.27. The standard InChI is InChI=1S/C88H60N2S4/c1-54-42-55(2)45-71(44-54)90(70-35-23-62(24-36-70)65-26-38-77-74-11-5-8-14-82(74)93-87(77)52-65)72-46-56(3)43-58(48-72)47-57-16-40-84-79(49-57)78-39-27-66(53-88(78)94-84)61-21-33-69(34-22-61)89(67-29-17-59(18-30-67)63-28-41-85-80(50-63)75-12-6-9-15-83(75)91-85)68-31-19-60(20-32-68)64-25-37-76-73-10-4-7-13-81(73)92-86(76)51-64/h4-46,48-53H,47H2,1-3H3. The molecule has 446 valence electrons. The quantitative estimate of drug-likeness (QED) is 0.120. The summed E-state index contributed by atoms with van der Waals surface area (Å²) in [6.45, 7) is 6.63. The van der Waals surface area contributed by atoms with Gasteiger partial charge >= 0.3 is 0 Å². The van der Waals surface area contributed by atoms with E-state index in [2.05, 4.69) is 328 Å². The van der Waals surface area contributed by atoms with Gasteiger partial charge in [-0.05, 0) is 233 Å². The molecule has 0 N–H and O–H groups in total. The highest BCUT2D eigenvalue weighted by atomic mass is 32.1. The molecule has 0 saturated carbocycles. The van der Waals surface area contributed by atoms with Crippen molar-refractivity contribution in [3.05, 3.63) is 325 Å². The molecule has 4 heterocycles. The molecule has 18 aromatic rings. The molecule has 4 aromatic heterocycles. The molecule has 94 heavy (non-hydrogen) atoms. The summed E-state index contributed by atoms with van der Waals surface area (Å²) in [6, 6.07) is 112. The number of fused-ring (bicyclic) bond motifs is 12. The number of hydrogen-bond acceptors (Lipinski definition) is 6. The van der Waals surface area contributed by atoms with Crippen molar-refractivity contribution in [1.29, 1.82) is 0 Å². The molecule has 0 aliphatic carbocycles. The van der Waals surface area contributed by atoms with Crippen molar-refractivity contribution in [2.24, 2.45) is 0 Å². The van der Waals surface area contributed by atoms with Gasteiger partial charge in [-0.15, -0.1) is 45.3 Å². The summed E-state index contributed by atoms with van der Waals surface area (Å²) in [5.41, 5.74) is 22.8. The number of aryl methyl sites for hydroxylation is 3. The molecule has 0 saturated heterocycles. The zero-order valence-corrected chi connectivity index (χ0v) is 55.3. The predicted octanol–water partition coefficient (Wildman–Crippen LogP) is 27.3. The van der Waals surface area contributed by atoms with Crippen molar-refractivity contribution in [2.75, 3.05) is 9.80 Å². The van der Waals surface area contributed by atoms with Crippen molar-refractivity contribution >= 4 is 160 Å².